The molecule has 3 aromatic heterocycles. The Hall–Kier alpha value is -4.19. The number of nitrogens with two attached hydrogens (primary N) is 1. The summed E-state index contributed by atoms with van der Waals surface area (Å²) in [6.45, 7) is 0.648. The summed E-state index contributed by atoms with van der Waals surface area (Å²) in [6.07, 6.45) is 11.1. The van der Waals surface area contributed by atoms with Gasteiger partial charge >= 0.3 is 0 Å². The van der Waals surface area contributed by atoms with Crippen molar-refractivity contribution in [3.05, 3.63) is 103 Å². The molecule has 4 aromatic rings. The summed E-state index contributed by atoms with van der Waals surface area (Å²) in [5.74, 6) is 2.20. The Balaban J connectivity index is 1.56. The van der Waals surface area contributed by atoms with Gasteiger partial charge in [0.05, 0.1) is 23.1 Å². The van der Waals surface area contributed by atoms with Crippen molar-refractivity contribution in [3.8, 4) is 33.9 Å². The summed E-state index contributed by atoms with van der Waals surface area (Å²) in [7, 11) is 0. The first-order valence-corrected chi connectivity index (χ1v) is 10.1. The molecule has 0 fully saturated rings. The van der Waals surface area contributed by atoms with Gasteiger partial charge < -0.3 is 15.8 Å². The predicted octanol–water partition coefficient (Wildman–Crippen LogP) is 4.00. The van der Waals surface area contributed by atoms with E-state index in [4.69, 9.17) is 10.5 Å². The number of hydrogen-bond acceptors (Lipinski definition) is 6. The van der Waals surface area contributed by atoms with E-state index >= 15 is 0 Å². The number of aromatic nitrogens is 3. The molecule has 31 heavy (non-hydrogen) atoms. The molecule has 6 heteroatoms. The molecule has 0 saturated carbocycles. The predicted molar refractivity (Wildman–Crippen MR) is 118 cm³/mol. The molecular formula is C25H19N5O. The Kier molecular flexibility index (Phi) is 3.80. The highest BCUT2D eigenvalue weighted by atomic mass is 16.5. The van der Waals surface area contributed by atoms with Crippen LogP contribution in [0.2, 0.25) is 0 Å². The molecule has 0 amide bonds. The molecule has 1 atom stereocenters. The van der Waals surface area contributed by atoms with Crippen LogP contribution < -0.4 is 15.8 Å². The third kappa shape index (κ3) is 2.76. The highest BCUT2D eigenvalue weighted by molar-refractivity contribution is 5.72. The molecule has 1 spiro atoms. The highest BCUT2D eigenvalue weighted by Crippen LogP contribution is 2.51. The molecule has 6 rings (SSSR count). The van der Waals surface area contributed by atoms with E-state index < -0.39 is 5.41 Å². The number of benzene rings is 1. The van der Waals surface area contributed by atoms with Crippen LogP contribution in [0, 0.1) is 0 Å². The Bertz CT molecular complexity index is 1230. The quantitative estimate of drug-likeness (QED) is 0.524. The van der Waals surface area contributed by atoms with Gasteiger partial charge in [-0.2, -0.15) is 0 Å². The number of nitrogens with zero attached hydrogens (tertiary/aromatic N) is 3. The van der Waals surface area contributed by atoms with Crippen LogP contribution in [-0.4, -0.2) is 21.5 Å². The zero-order valence-corrected chi connectivity index (χ0v) is 16.6. The maximum atomic E-state index is 6.29. The van der Waals surface area contributed by atoms with E-state index in [9.17, 15) is 0 Å². The first kappa shape index (κ1) is 17.7. The lowest BCUT2D eigenvalue weighted by Crippen LogP contribution is -2.34. The van der Waals surface area contributed by atoms with Gasteiger partial charge in [-0.05, 0) is 48.0 Å². The summed E-state index contributed by atoms with van der Waals surface area (Å²) in [5.41, 5.74) is 11.8. The lowest BCUT2D eigenvalue weighted by molar-refractivity contribution is 0.422. The average Bonchev–Trinajstić information content (AvgIpc) is 3.22. The number of nitrogens with one attached hydrogen (secondary N) is 1. The number of rotatable bonds is 2. The smallest absolute Gasteiger partial charge is 0.150 e. The van der Waals surface area contributed by atoms with Gasteiger partial charge in [0.1, 0.15) is 11.5 Å². The van der Waals surface area contributed by atoms with E-state index in [1.165, 1.54) is 0 Å². The van der Waals surface area contributed by atoms with Crippen LogP contribution in [0.4, 0.5) is 0 Å². The Labute approximate surface area is 179 Å². The van der Waals surface area contributed by atoms with E-state index in [1.54, 1.807) is 18.6 Å². The van der Waals surface area contributed by atoms with Gasteiger partial charge in [-0.1, -0.05) is 12.1 Å². The Morgan fingerprint density at radius 1 is 0.839 bits per heavy atom. The van der Waals surface area contributed by atoms with Gasteiger partial charge in [-0.3, -0.25) is 15.0 Å². The topological polar surface area (TPSA) is 86.0 Å². The monoisotopic (exact) mass is 405 g/mol. The zero-order valence-electron chi connectivity index (χ0n) is 16.6. The van der Waals surface area contributed by atoms with Gasteiger partial charge in [0.2, 0.25) is 0 Å². The van der Waals surface area contributed by atoms with Crippen molar-refractivity contribution < 1.29 is 4.74 Å². The molecule has 6 nitrogen and oxygen atoms in total. The third-order valence-corrected chi connectivity index (χ3v) is 5.95. The molecule has 0 unspecified atom stereocenters. The fourth-order valence-electron chi connectivity index (χ4n) is 4.44. The molecule has 0 aliphatic carbocycles. The summed E-state index contributed by atoms with van der Waals surface area (Å²) >= 11 is 0. The van der Waals surface area contributed by atoms with Crippen LogP contribution in [0.5, 0.6) is 11.5 Å². The maximum Gasteiger partial charge on any atom is 0.150 e. The highest BCUT2D eigenvalue weighted by Gasteiger charge is 2.44. The normalized spacial score (nSPS) is 18.5. The first-order chi connectivity index (χ1) is 15.2. The molecule has 2 aliphatic heterocycles. The van der Waals surface area contributed by atoms with Crippen molar-refractivity contribution in [1.82, 2.24) is 20.3 Å². The van der Waals surface area contributed by atoms with E-state index in [0.717, 1.165) is 45.0 Å². The fourth-order valence-corrected chi connectivity index (χ4v) is 4.44. The first-order valence-electron chi connectivity index (χ1n) is 10.1. The van der Waals surface area contributed by atoms with Crippen LogP contribution in [0.15, 0.2) is 91.4 Å². The molecule has 2 aliphatic rings. The number of fused-ring (bicyclic) bond motifs is 4. The SMILES string of the molecule is NC1=C[C@]2(CN1)c1cc(-c3cccnc3)ccc1Oc1cnc(-c3cccnc3)cc12. The minimum atomic E-state index is -0.453. The van der Waals surface area contributed by atoms with Crippen molar-refractivity contribution in [2.75, 3.05) is 6.54 Å². The summed E-state index contributed by atoms with van der Waals surface area (Å²) in [4.78, 5) is 13.1. The molecule has 0 radical (unpaired) electrons. The number of hydrogen-bond donors (Lipinski definition) is 2. The molecule has 3 N–H and O–H groups in total. The lowest BCUT2D eigenvalue weighted by atomic mass is 9.72. The molecule has 1 aromatic carbocycles. The second-order valence-corrected chi connectivity index (χ2v) is 7.79. The average molecular weight is 405 g/mol. The van der Waals surface area contributed by atoms with Crippen molar-refractivity contribution in [2.24, 2.45) is 5.73 Å². The van der Waals surface area contributed by atoms with Gasteiger partial charge in [-0.15, -0.1) is 0 Å². The van der Waals surface area contributed by atoms with Crippen molar-refractivity contribution >= 4 is 0 Å². The Morgan fingerprint density at radius 2 is 1.61 bits per heavy atom. The van der Waals surface area contributed by atoms with Crippen molar-refractivity contribution in [1.29, 1.82) is 0 Å². The van der Waals surface area contributed by atoms with Crippen LogP contribution >= 0.6 is 0 Å². The van der Waals surface area contributed by atoms with E-state index in [1.807, 2.05) is 36.7 Å². The van der Waals surface area contributed by atoms with Gasteiger partial charge in [0.25, 0.3) is 0 Å². The second kappa shape index (κ2) is 6.67. The van der Waals surface area contributed by atoms with Gasteiger partial charge in [0, 0.05) is 53.6 Å². The zero-order chi connectivity index (χ0) is 20.8. The van der Waals surface area contributed by atoms with Crippen LogP contribution in [0.3, 0.4) is 0 Å². The third-order valence-electron chi connectivity index (χ3n) is 5.95. The van der Waals surface area contributed by atoms with Crippen LogP contribution in [-0.2, 0) is 5.41 Å². The maximum absolute atomic E-state index is 6.29. The van der Waals surface area contributed by atoms with Gasteiger partial charge in [0.15, 0.2) is 0 Å². The van der Waals surface area contributed by atoms with Crippen molar-refractivity contribution in [3.63, 3.8) is 0 Å². The summed E-state index contributed by atoms with van der Waals surface area (Å²) in [5, 5.41) is 3.32. The summed E-state index contributed by atoms with van der Waals surface area (Å²) in [6, 6.07) is 16.2. The van der Waals surface area contributed by atoms with E-state index in [2.05, 4.69) is 50.6 Å². The number of ether oxygens (including phenoxy) is 1. The molecule has 5 heterocycles. The van der Waals surface area contributed by atoms with E-state index in [0.29, 0.717) is 12.4 Å². The minimum absolute atomic E-state index is 0.453. The molecule has 0 saturated heterocycles. The van der Waals surface area contributed by atoms with Gasteiger partial charge in [-0.25, -0.2) is 0 Å². The lowest BCUT2D eigenvalue weighted by Gasteiger charge is -2.35. The number of pyridine rings is 3. The summed E-state index contributed by atoms with van der Waals surface area (Å²) < 4.78 is 6.29. The minimum Gasteiger partial charge on any atom is -0.455 e. The molecule has 0 bridgehead atoms. The Morgan fingerprint density at radius 3 is 2.32 bits per heavy atom. The molecular weight excluding hydrogens is 386 g/mol. The second-order valence-electron chi connectivity index (χ2n) is 7.79. The largest absolute Gasteiger partial charge is 0.455 e. The van der Waals surface area contributed by atoms with E-state index in [-0.39, 0.29) is 0 Å². The standard InChI is InChI=1S/C25H19N5O/c26-24-11-25(15-30-24)19-9-16(17-3-1-7-27-12-17)5-6-22(19)31-23-14-29-21(10-20(23)25)18-4-2-8-28-13-18/h1-14,30H,15,26H2/t25-/m0/s1. The van der Waals surface area contributed by atoms with Crippen LogP contribution in [0.25, 0.3) is 22.4 Å². The molecule has 150 valence electrons. The van der Waals surface area contributed by atoms with Crippen molar-refractivity contribution in [2.45, 2.75) is 5.41 Å². The van der Waals surface area contributed by atoms with Crippen LogP contribution in [0.1, 0.15) is 11.1 Å². The fraction of sp³-hybridized carbons (Fsp3) is 0.0800.